The quantitative estimate of drug-likeness (QED) is 0.0684. The summed E-state index contributed by atoms with van der Waals surface area (Å²) in [6, 6.07) is 33.1. The maximum atomic E-state index is 7.24. The highest BCUT2D eigenvalue weighted by molar-refractivity contribution is 6.99. The highest BCUT2D eigenvalue weighted by Crippen LogP contribution is 2.38. The summed E-state index contributed by atoms with van der Waals surface area (Å²) in [6.45, 7) is 10.9. The zero-order chi connectivity index (χ0) is 31.8. The van der Waals surface area contributed by atoms with E-state index in [9.17, 15) is 0 Å². The predicted octanol–water partition coefficient (Wildman–Crippen LogP) is 9.58. The molecule has 0 bridgehead atoms. The number of benzene rings is 3. The number of epoxide rings is 1. The van der Waals surface area contributed by atoms with E-state index in [-0.39, 0.29) is 17.2 Å². The van der Waals surface area contributed by atoms with Gasteiger partial charge in [-0.05, 0) is 27.4 Å². The first kappa shape index (κ1) is 35.6. The Morgan fingerprint density at radius 1 is 0.667 bits per heavy atom. The number of nitrogens with one attached hydrogen (secondary N) is 1. The summed E-state index contributed by atoms with van der Waals surface area (Å²) in [7, 11) is -2.57. The number of hydrogen-bond acceptors (Lipinski definition) is 3. The van der Waals surface area contributed by atoms with E-state index in [1.54, 1.807) is 0 Å². The topological polar surface area (TPSA) is 33.8 Å². The van der Waals surface area contributed by atoms with Crippen molar-refractivity contribution in [3.05, 3.63) is 96.6 Å². The Hall–Kier alpha value is -2.24. The zero-order valence-electron chi connectivity index (χ0n) is 28.8. The van der Waals surface area contributed by atoms with Crippen molar-refractivity contribution in [2.45, 2.75) is 141 Å². The minimum atomic E-state index is -2.57. The van der Waals surface area contributed by atoms with Gasteiger partial charge in [-0.15, -0.1) is 0 Å². The fourth-order valence-electron chi connectivity index (χ4n) is 7.05. The van der Waals surface area contributed by atoms with Gasteiger partial charge in [0.1, 0.15) is 12.2 Å². The van der Waals surface area contributed by atoms with Crippen molar-refractivity contribution >= 4 is 18.7 Å². The molecule has 1 fully saturated rings. The normalized spacial score (nSPS) is 17.3. The van der Waals surface area contributed by atoms with Gasteiger partial charge in [-0.25, -0.2) is 0 Å². The lowest BCUT2D eigenvalue weighted by atomic mass is 10.0. The van der Waals surface area contributed by atoms with Crippen molar-refractivity contribution in [3.63, 3.8) is 0 Å². The number of ether oxygens (including phenoxy) is 1. The van der Waals surface area contributed by atoms with Crippen molar-refractivity contribution in [2.24, 2.45) is 0 Å². The van der Waals surface area contributed by atoms with Crippen LogP contribution >= 0.6 is 0 Å². The van der Waals surface area contributed by atoms with Gasteiger partial charge in [0.25, 0.3) is 8.32 Å². The molecule has 1 saturated heterocycles. The molecular weight excluding hydrogens is 567 g/mol. The summed E-state index contributed by atoms with van der Waals surface area (Å²) >= 11 is 0. The summed E-state index contributed by atoms with van der Waals surface area (Å²) < 4.78 is 13.7. The van der Waals surface area contributed by atoms with Crippen LogP contribution in [0.1, 0.15) is 117 Å². The molecule has 1 aliphatic rings. The van der Waals surface area contributed by atoms with Crippen LogP contribution in [0, 0.1) is 0 Å². The van der Waals surface area contributed by atoms with Crippen molar-refractivity contribution in [1.29, 1.82) is 0 Å². The average Bonchev–Trinajstić information content (AvgIpc) is 3.83. The van der Waals surface area contributed by atoms with Crippen molar-refractivity contribution in [1.82, 2.24) is 5.32 Å². The molecule has 0 aromatic heterocycles. The largest absolute Gasteiger partial charge is 0.405 e. The summed E-state index contributed by atoms with van der Waals surface area (Å²) in [6.07, 6.45) is 18.1. The van der Waals surface area contributed by atoms with E-state index in [4.69, 9.17) is 9.16 Å². The van der Waals surface area contributed by atoms with Gasteiger partial charge in [0.15, 0.2) is 0 Å². The molecule has 0 amide bonds. The van der Waals surface area contributed by atoms with Crippen LogP contribution < -0.4 is 15.7 Å². The van der Waals surface area contributed by atoms with E-state index < -0.39 is 8.32 Å². The molecule has 4 heteroatoms. The molecule has 0 saturated carbocycles. The summed E-state index contributed by atoms with van der Waals surface area (Å²) in [5.74, 6) is 0. The molecule has 0 unspecified atom stereocenters. The van der Waals surface area contributed by atoms with Gasteiger partial charge < -0.3 is 14.5 Å². The van der Waals surface area contributed by atoms with Gasteiger partial charge >= 0.3 is 0 Å². The fraction of sp³-hybridized carbons (Fsp3) is 0.561. The number of hydrogen-bond donors (Lipinski definition) is 1. The van der Waals surface area contributed by atoms with E-state index in [1.807, 2.05) is 0 Å². The van der Waals surface area contributed by atoms with Gasteiger partial charge in [-0.3, -0.25) is 0 Å². The van der Waals surface area contributed by atoms with Crippen molar-refractivity contribution in [3.8, 4) is 0 Å². The molecule has 3 atom stereocenters. The van der Waals surface area contributed by atoms with Gasteiger partial charge in [-0.2, -0.15) is 0 Å². The lowest BCUT2D eigenvalue weighted by Gasteiger charge is -2.43. The van der Waals surface area contributed by atoms with Crippen LogP contribution in [0.4, 0.5) is 0 Å². The third kappa shape index (κ3) is 10.9. The van der Waals surface area contributed by atoms with Crippen molar-refractivity contribution < 1.29 is 9.16 Å². The zero-order valence-corrected chi connectivity index (χ0v) is 29.8. The monoisotopic (exact) mass is 627 g/mol. The summed E-state index contributed by atoms with van der Waals surface area (Å²) in [4.78, 5) is 0. The van der Waals surface area contributed by atoms with Crippen LogP contribution in [-0.4, -0.2) is 33.2 Å². The Balaban J connectivity index is 1.32. The molecule has 0 radical (unpaired) electrons. The van der Waals surface area contributed by atoms with Crippen LogP contribution in [0.5, 0.6) is 0 Å². The lowest BCUT2D eigenvalue weighted by molar-refractivity contribution is 0.244. The van der Waals surface area contributed by atoms with Crippen molar-refractivity contribution in [2.75, 3.05) is 6.61 Å². The van der Waals surface area contributed by atoms with Crippen LogP contribution in [-0.2, 0) is 15.7 Å². The SMILES string of the molecule is CCCCCCCCCCCCCC[C@@H](NCc1ccccc1)[C@H]1O[C@@H]1CO[Si](c1ccccc1)(c1ccccc1)C(C)(C)C. The smallest absolute Gasteiger partial charge is 0.261 e. The summed E-state index contributed by atoms with van der Waals surface area (Å²) in [5.41, 5.74) is 1.33. The molecule has 246 valence electrons. The fourth-order valence-corrected chi connectivity index (χ4v) is 11.6. The minimum absolute atomic E-state index is 0.0277. The van der Waals surface area contributed by atoms with E-state index in [0.717, 1.165) is 13.0 Å². The Kier molecular flexibility index (Phi) is 14.9. The van der Waals surface area contributed by atoms with Gasteiger partial charge in [0.05, 0.1) is 6.61 Å². The first-order valence-electron chi connectivity index (χ1n) is 18.1. The Morgan fingerprint density at radius 2 is 1.13 bits per heavy atom. The molecule has 1 N–H and O–H groups in total. The molecular formula is C41H61NO2Si. The maximum Gasteiger partial charge on any atom is 0.261 e. The number of rotatable bonds is 22. The lowest BCUT2D eigenvalue weighted by Crippen LogP contribution is -2.66. The standard InChI is InChI=1S/C41H61NO2Si/c1-5-6-7-8-9-10-11-12-13-14-15-25-32-38(42-33-35-26-19-16-20-27-35)40-39(44-40)34-43-45(41(2,3)4,36-28-21-17-22-29-36)37-30-23-18-24-31-37/h16-24,26-31,38-40,42H,5-15,25,32-34H2,1-4H3/t38-,39-,40-/m1/s1. The molecule has 0 spiro atoms. The predicted molar refractivity (Wildman–Crippen MR) is 195 cm³/mol. The first-order chi connectivity index (χ1) is 22.0. The molecule has 1 aliphatic heterocycles. The minimum Gasteiger partial charge on any atom is -0.405 e. The molecule has 0 aliphatic carbocycles. The number of unbranched alkanes of at least 4 members (excludes halogenated alkanes) is 11. The molecule has 4 rings (SSSR count). The third-order valence-corrected chi connectivity index (χ3v) is 14.7. The second kappa shape index (κ2) is 18.8. The van der Waals surface area contributed by atoms with E-state index in [0.29, 0.717) is 12.6 Å². The third-order valence-electron chi connectivity index (χ3n) is 9.68. The first-order valence-corrected chi connectivity index (χ1v) is 20.0. The second-order valence-corrected chi connectivity index (χ2v) is 18.6. The van der Waals surface area contributed by atoms with Crippen LogP contribution in [0.2, 0.25) is 5.04 Å². The highest BCUT2D eigenvalue weighted by atomic mass is 28.4. The second-order valence-electron chi connectivity index (χ2n) is 14.3. The van der Waals surface area contributed by atoms with Gasteiger partial charge in [0.2, 0.25) is 0 Å². The Morgan fingerprint density at radius 3 is 1.62 bits per heavy atom. The molecule has 3 nitrogen and oxygen atoms in total. The molecule has 1 heterocycles. The molecule has 3 aromatic rings. The van der Waals surface area contributed by atoms with Gasteiger partial charge in [-0.1, -0.05) is 196 Å². The van der Waals surface area contributed by atoms with E-state index >= 15 is 0 Å². The van der Waals surface area contributed by atoms with E-state index in [2.05, 4.69) is 124 Å². The molecule has 3 aromatic carbocycles. The van der Waals surface area contributed by atoms with Crippen LogP contribution in [0.15, 0.2) is 91.0 Å². The van der Waals surface area contributed by atoms with Gasteiger partial charge in [0, 0.05) is 12.6 Å². The summed E-state index contributed by atoms with van der Waals surface area (Å²) in [5, 5.41) is 6.52. The van der Waals surface area contributed by atoms with Crippen LogP contribution in [0.3, 0.4) is 0 Å². The van der Waals surface area contributed by atoms with Crippen LogP contribution in [0.25, 0.3) is 0 Å². The molecule has 45 heavy (non-hydrogen) atoms. The Bertz CT molecular complexity index is 1140. The average molecular weight is 628 g/mol. The van der Waals surface area contributed by atoms with E-state index in [1.165, 1.54) is 93.0 Å². The highest BCUT2D eigenvalue weighted by Gasteiger charge is 2.53. The maximum absolute atomic E-state index is 7.24. The Labute approximate surface area is 276 Å².